The predicted octanol–water partition coefficient (Wildman–Crippen LogP) is 7.96. The van der Waals surface area contributed by atoms with E-state index in [1.54, 1.807) is 0 Å². The Morgan fingerprint density at radius 3 is 2.52 bits per heavy atom. The first-order valence-corrected chi connectivity index (χ1v) is 14.0. The maximum absolute atomic E-state index is 15.6. The molecule has 0 N–H and O–H groups in total. The quantitative estimate of drug-likeness (QED) is 0.240. The summed E-state index contributed by atoms with van der Waals surface area (Å²) in [4.78, 5) is 16.0. The summed E-state index contributed by atoms with van der Waals surface area (Å²) in [6.07, 6.45) is 6.68. The molecule has 2 fully saturated rings. The van der Waals surface area contributed by atoms with Gasteiger partial charge in [-0.15, -0.1) is 0 Å². The van der Waals surface area contributed by atoms with Crippen molar-refractivity contribution in [3.05, 3.63) is 77.0 Å². The zero-order chi connectivity index (χ0) is 28.4. The molecule has 0 radical (unpaired) electrons. The lowest BCUT2D eigenvalue weighted by molar-refractivity contribution is -0.141. The number of hydrogen-bond donors (Lipinski definition) is 0. The Morgan fingerprint density at radius 1 is 1.05 bits per heavy atom. The van der Waals surface area contributed by atoms with Gasteiger partial charge in [0.15, 0.2) is 0 Å². The lowest BCUT2D eigenvalue weighted by atomic mass is 9.75. The molecule has 2 atom stereocenters. The number of carbonyl (C=O) groups is 1. The summed E-state index contributed by atoms with van der Waals surface area (Å²) in [5.74, 6) is 0.371. The van der Waals surface area contributed by atoms with Gasteiger partial charge in [0.2, 0.25) is 5.88 Å². The molecule has 1 unspecified atom stereocenters. The van der Waals surface area contributed by atoms with Gasteiger partial charge in [-0.1, -0.05) is 32.4 Å². The zero-order valence-electron chi connectivity index (χ0n) is 23.6. The Hall–Kier alpha value is -3.48. The minimum atomic E-state index is -0.518. The average Bonchev–Trinajstić information content (AvgIpc) is 3.73. The van der Waals surface area contributed by atoms with E-state index in [0.29, 0.717) is 29.2 Å². The van der Waals surface area contributed by atoms with Gasteiger partial charge in [0.1, 0.15) is 24.0 Å². The summed E-state index contributed by atoms with van der Waals surface area (Å²) in [5.41, 5.74) is 3.15. The smallest absolute Gasteiger partial charge is 0.306 e. The number of ether oxygens (including phenoxy) is 3. The molecule has 5 rings (SSSR count). The van der Waals surface area contributed by atoms with E-state index in [2.05, 4.69) is 18.8 Å². The van der Waals surface area contributed by atoms with Crippen LogP contribution >= 0.6 is 0 Å². The number of aromatic nitrogens is 1. The van der Waals surface area contributed by atoms with Gasteiger partial charge in [0.25, 0.3) is 0 Å². The molecule has 0 saturated heterocycles. The molecule has 7 heteroatoms. The van der Waals surface area contributed by atoms with Gasteiger partial charge in [-0.25, -0.2) is 13.8 Å². The van der Waals surface area contributed by atoms with E-state index in [9.17, 15) is 4.79 Å². The number of carbonyl (C=O) groups excluding carboxylic acids is 1. The fraction of sp³-hybridized carbons (Fsp3) is 0.455. The van der Waals surface area contributed by atoms with Crippen molar-refractivity contribution in [3.63, 3.8) is 0 Å². The molecule has 2 aromatic carbocycles. The highest BCUT2D eigenvalue weighted by molar-refractivity contribution is 5.71. The van der Waals surface area contributed by atoms with E-state index in [0.717, 1.165) is 49.4 Å². The lowest BCUT2D eigenvalue weighted by Gasteiger charge is -2.30. The first kappa shape index (κ1) is 28.1. The second-order valence-corrected chi connectivity index (χ2v) is 11.8. The van der Waals surface area contributed by atoms with Gasteiger partial charge in [-0.05, 0) is 89.8 Å². The van der Waals surface area contributed by atoms with Crippen LogP contribution in [0.25, 0.3) is 11.1 Å². The van der Waals surface area contributed by atoms with Crippen molar-refractivity contribution in [2.75, 3.05) is 14.2 Å². The van der Waals surface area contributed by atoms with Crippen molar-refractivity contribution in [2.45, 2.75) is 70.8 Å². The monoisotopic (exact) mass is 549 g/mol. The summed E-state index contributed by atoms with van der Waals surface area (Å²) >= 11 is 0. The van der Waals surface area contributed by atoms with Crippen molar-refractivity contribution >= 4 is 5.97 Å². The predicted molar refractivity (Wildman–Crippen MR) is 149 cm³/mol. The molecule has 0 amide bonds. The fourth-order valence-corrected chi connectivity index (χ4v) is 6.22. The Bertz CT molecular complexity index is 1380. The maximum Gasteiger partial charge on any atom is 0.306 e. The minimum absolute atomic E-state index is 0.00983. The van der Waals surface area contributed by atoms with Crippen molar-refractivity contribution in [2.24, 2.45) is 11.3 Å². The van der Waals surface area contributed by atoms with Crippen LogP contribution in [0.5, 0.6) is 11.6 Å². The molecule has 40 heavy (non-hydrogen) atoms. The van der Waals surface area contributed by atoms with E-state index < -0.39 is 11.6 Å². The molecule has 5 nitrogen and oxygen atoms in total. The van der Waals surface area contributed by atoms with Crippen LogP contribution in [0.15, 0.2) is 48.7 Å². The van der Waals surface area contributed by atoms with Crippen molar-refractivity contribution < 1.29 is 27.8 Å². The topological polar surface area (TPSA) is 57.7 Å². The number of hydrogen-bond acceptors (Lipinski definition) is 5. The lowest BCUT2D eigenvalue weighted by Crippen LogP contribution is -2.17. The number of nitrogens with zero attached hydrogens (tertiary/aromatic N) is 1. The van der Waals surface area contributed by atoms with Gasteiger partial charge in [0, 0.05) is 17.2 Å². The highest BCUT2D eigenvalue weighted by Gasteiger charge is 2.38. The standard InChI is InChI=1S/C33H37F2NO4/c1-33(2)12-6-9-28(33)26-14-22(29(34)15-25(26)27-16-31(38-3)36-18-30(27)35)19-40-23-8-5-7-21(13-23)24(20-10-11-20)17-32(37)39-4/h5,7-8,13-16,18,20,24,28H,6,9-12,17,19H2,1-4H3/t24?,28-/m0/s1. The molecule has 0 aliphatic heterocycles. The first-order chi connectivity index (χ1) is 19.2. The largest absolute Gasteiger partial charge is 0.489 e. The van der Waals surface area contributed by atoms with Crippen molar-refractivity contribution in [1.82, 2.24) is 4.98 Å². The van der Waals surface area contributed by atoms with Crippen LogP contribution in [-0.4, -0.2) is 25.2 Å². The van der Waals surface area contributed by atoms with Crippen LogP contribution in [0.3, 0.4) is 0 Å². The molecule has 3 aromatic rings. The van der Waals surface area contributed by atoms with Crippen LogP contribution in [-0.2, 0) is 16.1 Å². The van der Waals surface area contributed by atoms with Gasteiger partial charge >= 0.3 is 5.97 Å². The molecule has 0 bridgehead atoms. The third-order valence-corrected chi connectivity index (χ3v) is 8.67. The van der Waals surface area contributed by atoms with Crippen LogP contribution in [0, 0.1) is 23.0 Å². The Kier molecular flexibility index (Phi) is 8.11. The number of methoxy groups -OCH3 is 2. The van der Waals surface area contributed by atoms with Gasteiger partial charge in [0.05, 0.1) is 26.8 Å². The number of rotatable bonds is 10. The highest BCUT2D eigenvalue weighted by Crippen LogP contribution is 2.52. The molecule has 2 saturated carbocycles. The molecule has 1 heterocycles. The molecule has 0 spiro atoms. The Morgan fingerprint density at radius 2 is 1.85 bits per heavy atom. The number of esters is 1. The van der Waals surface area contributed by atoms with E-state index in [1.165, 1.54) is 26.4 Å². The van der Waals surface area contributed by atoms with Gasteiger partial charge in [-0.2, -0.15) is 0 Å². The summed E-state index contributed by atoms with van der Waals surface area (Å²) in [6.45, 7) is 4.46. The molecule has 1 aromatic heterocycles. The summed E-state index contributed by atoms with van der Waals surface area (Å²) < 4.78 is 46.9. The van der Waals surface area contributed by atoms with E-state index in [-0.39, 0.29) is 41.3 Å². The molecular weight excluding hydrogens is 512 g/mol. The second-order valence-electron chi connectivity index (χ2n) is 11.8. The van der Waals surface area contributed by atoms with E-state index in [4.69, 9.17) is 14.2 Å². The normalized spacial score (nSPS) is 18.8. The Labute approximate surface area is 234 Å². The van der Waals surface area contributed by atoms with Crippen molar-refractivity contribution in [1.29, 1.82) is 0 Å². The van der Waals surface area contributed by atoms with E-state index >= 15 is 8.78 Å². The van der Waals surface area contributed by atoms with Crippen LogP contribution < -0.4 is 9.47 Å². The van der Waals surface area contributed by atoms with Gasteiger partial charge < -0.3 is 14.2 Å². The average molecular weight is 550 g/mol. The maximum atomic E-state index is 15.6. The van der Waals surface area contributed by atoms with Crippen LogP contribution in [0.1, 0.15) is 80.9 Å². The first-order valence-electron chi connectivity index (χ1n) is 14.0. The second kappa shape index (κ2) is 11.6. The molecular formula is C33H37F2NO4. The number of benzene rings is 2. The summed E-state index contributed by atoms with van der Waals surface area (Å²) in [6, 6.07) is 12.5. The Balaban J connectivity index is 1.46. The van der Waals surface area contributed by atoms with Crippen LogP contribution in [0.2, 0.25) is 0 Å². The molecule has 2 aliphatic rings. The fourth-order valence-electron chi connectivity index (χ4n) is 6.22. The van der Waals surface area contributed by atoms with Gasteiger partial charge in [-0.3, -0.25) is 4.79 Å². The molecule has 2 aliphatic carbocycles. The third-order valence-electron chi connectivity index (χ3n) is 8.67. The SMILES string of the molecule is COC(=O)CC(c1cccc(OCc2cc([C@@H]3CCCC3(C)C)c(-c3cc(OC)ncc3F)cc2F)c1)C1CC1. The zero-order valence-corrected chi connectivity index (χ0v) is 23.6. The number of pyridine rings is 1. The number of halogens is 2. The highest BCUT2D eigenvalue weighted by atomic mass is 19.1. The minimum Gasteiger partial charge on any atom is -0.489 e. The van der Waals surface area contributed by atoms with Crippen LogP contribution in [0.4, 0.5) is 8.78 Å². The van der Waals surface area contributed by atoms with E-state index in [1.807, 2.05) is 30.3 Å². The van der Waals surface area contributed by atoms with Crippen molar-refractivity contribution in [3.8, 4) is 22.8 Å². The summed E-state index contributed by atoms with van der Waals surface area (Å²) in [7, 11) is 2.88. The summed E-state index contributed by atoms with van der Waals surface area (Å²) in [5, 5.41) is 0. The molecule has 212 valence electrons. The third kappa shape index (κ3) is 5.98.